The summed E-state index contributed by atoms with van der Waals surface area (Å²) in [5.74, 6) is -2.20. The van der Waals surface area contributed by atoms with Crippen molar-refractivity contribution in [3.05, 3.63) is 23.3 Å². The Morgan fingerprint density at radius 1 is 0.852 bits per heavy atom. The predicted octanol–water partition coefficient (Wildman–Crippen LogP) is 5.87. The van der Waals surface area contributed by atoms with Gasteiger partial charge in [-0.15, -0.1) is 13.2 Å². The first-order valence-corrected chi connectivity index (χ1v) is 7.86. The highest BCUT2D eigenvalue weighted by molar-refractivity contribution is 5.55. The highest BCUT2D eigenvalue weighted by Crippen LogP contribution is 2.64. The number of phenols is 1. The molecule has 0 amide bonds. The van der Waals surface area contributed by atoms with E-state index < -0.39 is 71.4 Å². The first kappa shape index (κ1) is 19.9. The fraction of sp³-hybridized carbons (Fsp3) is 0.625. The van der Waals surface area contributed by atoms with Crippen LogP contribution in [0.5, 0.6) is 11.5 Å². The molecule has 2 fully saturated rings. The Balaban J connectivity index is 2.13. The van der Waals surface area contributed by atoms with Crippen LogP contribution in [0.3, 0.4) is 0 Å². The molecule has 0 unspecified atom stereocenters. The van der Waals surface area contributed by atoms with Crippen LogP contribution in [0, 0.1) is 0 Å². The van der Waals surface area contributed by atoms with Crippen molar-refractivity contribution in [2.24, 2.45) is 0 Å². The van der Waals surface area contributed by atoms with E-state index in [1.54, 1.807) is 0 Å². The molecule has 2 saturated carbocycles. The molecule has 1 N–H and O–H groups in total. The van der Waals surface area contributed by atoms with E-state index in [1.807, 2.05) is 0 Å². The van der Waals surface area contributed by atoms with Crippen molar-refractivity contribution in [2.75, 3.05) is 0 Å². The number of ether oxygens (including phenoxy) is 1. The van der Waals surface area contributed by atoms with E-state index in [4.69, 9.17) is 0 Å². The molecular formula is C16H13F9O2. The third-order valence-electron chi connectivity index (χ3n) is 5.10. The maximum Gasteiger partial charge on any atom is 0.573 e. The molecule has 152 valence electrons. The zero-order chi connectivity index (χ0) is 20.5. The third-order valence-corrected chi connectivity index (χ3v) is 5.10. The zero-order valence-electron chi connectivity index (χ0n) is 13.4. The van der Waals surface area contributed by atoms with Gasteiger partial charge in [0.1, 0.15) is 11.5 Å². The SMILES string of the molecule is Oc1cc(OC(F)(F)F)c(C2(C(F)(F)F)CC2)cc1C1(CC(F)(F)F)CC1. The molecule has 0 radical (unpaired) electrons. The number of halogens is 9. The van der Waals surface area contributed by atoms with Crippen molar-refractivity contribution in [1.29, 1.82) is 0 Å². The molecule has 2 aliphatic rings. The maximum atomic E-state index is 13.4. The van der Waals surface area contributed by atoms with Crippen molar-refractivity contribution < 1.29 is 49.4 Å². The van der Waals surface area contributed by atoms with Gasteiger partial charge in [-0.1, -0.05) is 0 Å². The summed E-state index contributed by atoms with van der Waals surface area (Å²) in [6, 6.07) is 0.941. The number of alkyl halides is 9. The minimum Gasteiger partial charge on any atom is -0.508 e. The van der Waals surface area contributed by atoms with Crippen LogP contribution in [0.15, 0.2) is 12.1 Å². The van der Waals surface area contributed by atoms with E-state index in [-0.39, 0.29) is 12.8 Å². The van der Waals surface area contributed by atoms with Crippen LogP contribution < -0.4 is 4.74 Å². The van der Waals surface area contributed by atoms with Gasteiger partial charge in [0.2, 0.25) is 0 Å². The first-order valence-electron chi connectivity index (χ1n) is 7.86. The first-order chi connectivity index (χ1) is 12.1. The molecule has 1 aromatic rings. The molecular weight excluding hydrogens is 395 g/mol. The molecule has 0 heterocycles. The fourth-order valence-corrected chi connectivity index (χ4v) is 3.48. The van der Waals surface area contributed by atoms with Crippen LogP contribution in [-0.4, -0.2) is 23.8 Å². The third kappa shape index (κ3) is 3.77. The lowest BCUT2D eigenvalue weighted by Gasteiger charge is -2.26. The molecule has 27 heavy (non-hydrogen) atoms. The second kappa shape index (κ2) is 5.60. The van der Waals surface area contributed by atoms with Gasteiger partial charge in [-0.25, -0.2) is 0 Å². The van der Waals surface area contributed by atoms with Crippen molar-refractivity contribution >= 4 is 0 Å². The highest BCUT2D eigenvalue weighted by Gasteiger charge is 2.66. The topological polar surface area (TPSA) is 29.5 Å². The van der Waals surface area contributed by atoms with E-state index in [1.165, 1.54) is 0 Å². The summed E-state index contributed by atoms with van der Waals surface area (Å²) >= 11 is 0. The summed E-state index contributed by atoms with van der Waals surface area (Å²) in [5.41, 5.74) is -5.58. The number of benzene rings is 1. The average molecular weight is 408 g/mol. The van der Waals surface area contributed by atoms with E-state index >= 15 is 0 Å². The Labute approximate surface area is 146 Å². The summed E-state index contributed by atoms with van der Waals surface area (Å²) in [7, 11) is 0. The standard InChI is InChI=1S/C16H13F9O2/c17-14(18,19)7-12(1-2-12)8-5-9(13(3-4-13)15(20,21)22)11(6-10(8)26)27-16(23,24)25/h5-6,26H,1-4,7H2. The number of hydrogen-bond donors (Lipinski definition) is 1. The summed E-state index contributed by atoms with van der Waals surface area (Å²) in [6.45, 7) is 0. The van der Waals surface area contributed by atoms with Crippen LogP contribution in [0.2, 0.25) is 0 Å². The molecule has 0 aromatic heterocycles. The molecule has 2 nitrogen and oxygen atoms in total. The van der Waals surface area contributed by atoms with Gasteiger partial charge >= 0.3 is 18.7 Å². The number of hydrogen-bond acceptors (Lipinski definition) is 2. The Hall–Kier alpha value is -1.81. The normalized spacial score (nSPS) is 21.1. The van der Waals surface area contributed by atoms with Crippen LogP contribution in [0.25, 0.3) is 0 Å². The number of aromatic hydroxyl groups is 1. The van der Waals surface area contributed by atoms with Crippen molar-refractivity contribution in [3.8, 4) is 11.5 Å². The Kier molecular flexibility index (Phi) is 4.14. The number of phenolic OH excluding ortho intramolecular Hbond substituents is 1. The molecule has 0 spiro atoms. The van der Waals surface area contributed by atoms with Crippen molar-refractivity contribution in [1.82, 2.24) is 0 Å². The van der Waals surface area contributed by atoms with Crippen LogP contribution >= 0.6 is 0 Å². The predicted molar refractivity (Wildman–Crippen MR) is 73.3 cm³/mol. The van der Waals surface area contributed by atoms with Crippen LogP contribution in [-0.2, 0) is 10.8 Å². The van der Waals surface area contributed by atoms with Gasteiger partial charge in [-0.2, -0.15) is 26.3 Å². The molecule has 1 aromatic carbocycles. The van der Waals surface area contributed by atoms with Gasteiger partial charge in [0, 0.05) is 22.6 Å². The van der Waals surface area contributed by atoms with E-state index in [0.717, 1.165) is 0 Å². The lowest BCUT2D eigenvalue weighted by atomic mass is 9.85. The summed E-state index contributed by atoms with van der Waals surface area (Å²) < 4.78 is 120. The van der Waals surface area contributed by atoms with Crippen LogP contribution in [0.1, 0.15) is 43.2 Å². The maximum absolute atomic E-state index is 13.4. The molecule has 11 heteroatoms. The summed E-state index contributed by atoms with van der Waals surface area (Å²) in [6.07, 6.45) is -17.4. The lowest BCUT2D eigenvalue weighted by Crippen LogP contribution is -2.31. The smallest absolute Gasteiger partial charge is 0.508 e. The highest BCUT2D eigenvalue weighted by atomic mass is 19.4. The largest absolute Gasteiger partial charge is 0.573 e. The lowest BCUT2D eigenvalue weighted by molar-refractivity contribution is -0.275. The average Bonchev–Trinajstić information content (AvgIpc) is 3.29. The minimum atomic E-state index is -5.33. The van der Waals surface area contributed by atoms with Crippen molar-refractivity contribution in [3.63, 3.8) is 0 Å². The van der Waals surface area contributed by atoms with Gasteiger partial charge in [-0.05, 0) is 31.7 Å². The summed E-state index contributed by atoms with van der Waals surface area (Å²) in [5, 5.41) is 9.98. The molecule has 0 saturated heterocycles. The summed E-state index contributed by atoms with van der Waals surface area (Å²) in [4.78, 5) is 0. The molecule has 2 aliphatic carbocycles. The van der Waals surface area contributed by atoms with Gasteiger partial charge < -0.3 is 9.84 Å². The van der Waals surface area contributed by atoms with Crippen molar-refractivity contribution in [2.45, 2.75) is 61.6 Å². The van der Waals surface area contributed by atoms with E-state index in [2.05, 4.69) is 4.74 Å². The number of rotatable bonds is 4. The van der Waals surface area contributed by atoms with E-state index in [9.17, 15) is 44.6 Å². The van der Waals surface area contributed by atoms with Gasteiger partial charge in [0.05, 0.1) is 11.8 Å². The molecule has 3 rings (SSSR count). The molecule has 0 bridgehead atoms. The van der Waals surface area contributed by atoms with Gasteiger partial charge in [-0.3, -0.25) is 0 Å². The fourth-order valence-electron chi connectivity index (χ4n) is 3.48. The van der Waals surface area contributed by atoms with Crippen LogP contribution in [0.4, 0.5) is 39.5 Å². The van der Waals surface area contributed by atoms with E-state index in [0.29, 0.717) is 12.1 Å². The Morgan fingerprint density at radius 3 is 1.78 bits per heavy atom. The monoisotopic (exact) mass is 408 g/mol. The Morgan fingerprint density at radius 2 is 1.41 bits per heavy atom. The second-order valence-corrected chi connectivity index (χ2v) is 7.07. The second-order valence-electron chi connectivity index (χ2n) is 7.07. The minimum absolute atomic E-state index is 0.0436. The quantitative estimate of drug-likeness (QED) is 0.632. The van der Waals surface area contributed by atoms with Gasteiger partial charge in [0.25, 0.3) is 0 Å². The molecule has 0 aliphatic heterocycles. The molecule has 0 atom stereocenters. The van der Waals surface area contributed by atoms with Gasteiger partial charge in [0.15, 0.2) is 0 Å². The Bertz CT molecular complexity index is 738. The zero-order valence-corrected chi connectivity index (χ0v) is 13.4.